The summed E-state index contributed by atoms with van der Waals surface area (Å²) in [5, 5.41) is 26.3. The summed E-state index contributed by atoms with van der Waals surface area (Å²) >= 11 is 0. The first-order chi connectivity index (χ1) is 13.7. The quantitative estimate of drug-likeness (QED) is 0.656. The fourth-order valence-electron chi connectivity index (χ4n) is 4.07. The fraction of sp³-hybridized carbons (Fsp3) is 0.350. The van der Waals surface area contributed by atoms with Crippen molar-refractivity contribution in [2.24, 2.45) is 0 Å². The maximum absolute atomic E-state index is 9.45. The Morgan fingerprint density at radius 3 is 2.72 bits per heavy atom. The zero-order chi connectivity index (χ0) is 19.1. The van der Waals surface area contributed by atoms with Gasteiger partial charge in [-0.1, -0.05) is 0 Å². The molecule has 2 unspecified atom stereocenters. The van der Waals surface area contributed by atoms with Gasteiger partial charge in [-0.05, 0) is 24.6 Å². The van der Waals surface area contributed by atoms with Crippen molar-refractivity contribution in [1.82, 2.24) is 19.9 Å². The topological polar surface area (TPSA) is 98.7 Å². The molecule has 9 heteroatoms. The van der Waals surface area contributed by atoms with Crippen LogP contribution in [-0.2, 0) is 0 Å². The number of hydrogen-bond donors (Lipinski definition) is 2. The number of fused-ring (bicyclic) bond motifs is 3. The average molecular weight is 413 g/mol. The van der Waals surface area contributed by atoms with Crippen molar-refractivity contribution in [3.63, 3.8) is 0 Å². The fourth-order valence-corrected chi connectivity index (χ4v) is 4.07. The zero-order valence-electron chi connectivity index (χ0n) is 15.7. The Labute approximate surface area is 174 Å². The van der Waals surface area contributed by atoms with Crippen molar-refractivity contribution >= 4 is 23.7 Å². The van der Waals surface area contributed by atoms with Gasteiger partial charge in [-0.25, -0.2) is 9.50 Å². The van der Waals surface area contributed by atoms with Gasteiger partial charge in [0.15, 0.2) is 0 Å². The number of piperazine rings is 1. The van der Waals surface area contributed by atoms with E-state index in [1.807, 2.05) is 24.4 Å². The van der Waals surface area contributed by atoms with E-state index in [9.17, 15) is 5.26 Å². The lowest BCUT2D eigenvalue weighted by Crippen LogP contribution is -2.67. The van der Waals surface area contributed by atoms with Crippen molar-refractivity contribution in [1.29, 1.82) is 5.26 Å². The Morgan fingerprint density at radius 1 is 1.28 bits per heavy atom. The van der Waals surface area contributed by atoms with Crippen LogP contribution in [0, 0.1) is 11.3 Å². The van der Waals surface area contributed by atoms with Crippen LogP contribution in [-0.4, -0.2) is 58.1 Å². The van der Waals surface area contributed by atoms with E-state index in [0.29, 0.717) is 23.4 Å². The highest BCUT2D eigenvalue weighted by molar-refractivity contribution is 5.85. The molecule has 0 saturated carbocycles. The number of aliphatic hydroxyl groups is 1. The molecule has 3 aromatic rings. The summed E-state index contributed by atoms with van der Waals surface area (Å²) in [6.07, 6.45) is 6.35. The predicted molar refractivity (Wildman–Crippen MR) is 111 cm³/mol. The monoisotopic (exact) mass is 412 g/mol. The molecule has 0 spiro atoms. The first kappa shape index (κ1) is 19.5. The van der Waals surface area contributed by atoms with E-state index in [1.54, 1.807) is 16.9 Å². The molecule has 3 saturated heterocycles. The van der Waals surface area contributed by atoms with Gasteiger partial charge >= 0.3 is 0 Å². The largest absolute Gasteiger partial charge is 0.490 e. The summed E-state index contributed by atoms with van der Waals surface area (Å²) in [5.41, 5.74) is 2.93. The number of nitrogens with one attached hydrogen (secondary N) is 1. The molecule has 0 aromatic carbocycles. The summed E-state index contributed by atoms with van der Waals surface area (Å²) in [6.45, 7) is 2.09. The summed E-state index contributed by atoms with van der Waals surface area (Å²) in [5.74, 6) is 1.55. The molecular formula is C20H21ClN6O2. The molecule has 0 radical (unpaired) electrons. The first-order valence-electron chi connectivity index (χ1n) is 9.37. The number of halogens is 1. The Kier molecular flexibility index (Phi) is 5.28. The van der Waals surface area contributed by atoms with Gasteiger partial charge in [0.2, 0.25) is 0 Å². The SMILES string of the molecule is Cl.N#Cc1cnn2cc(OCCO)cc(-c3ccc(N4CC5CC(C4)N5)nc3)c12. The van der Waals surface area contributed by atoms with Gasteiger partial charge in [0, 0.05) is 42.5 Å². The number of rotatable bonds is 5. The molecule has 29 heavy (non-hydrogen) atoms. The molecule has 6 rings (SSSR count). The number of ether oxygens (including phenoxy) is 1. The summed E-state index contributed by atoms with van der Waals surface area (Å²) < 4.78 is 7.21. The van der Waals surface area contributed by atoms with Crippen molar-refractivity contribution in [3.8, 4) is 22.9 Å². The second-order valence-corrected chi connectivity index (χ2v) is 7.23. The second-order valence-electron chi connectivity index (χ2n) is 7.23. The summed E-state index contributed by atoms with van der Waals surface area (Å²) in [7, 11) is 0. The summed E-state index contributed by atoms with van der Waals surface area (Å²) in [6, 6.07) is 9.26. The van der Waals surface area contributed by atoms with Gasteiger partial charge in [0.25, 0.3) is 0 Å². The predicted octanol–water partition coefficient (Wildman–Crippen LogP) is 1.61. The number of nitrogens with zero attached hydrogens (tertiary/aromatic N) is 5. The van der Waals surface area contributed by atoms with Crippen LogP contribution in [0.25, 0.3) is 16.6 Å². The van der Waals surface area contributed by atoms with Crippen LogP contribution in [0.4, 0.5) is 5.82 Å². The highest BCUT2D eigenvalue weighted by Crippen LogP contribution is 2.32. The second kappa shape index (κ2) is 7.87. The van der Waals surface area contributed by atoms with E-state index in [1.165, 1.54) is 6.42 Å². The summed E-state index contributed by atoms with van der Waals surface area (Å²) in [4.78, 5) is 6.99. The molecule has 0 aliphatic carbocycles. The Hall–Kier alpha value is -2.86. The number of piperidine rings is 1. The minimum absolute atomic E-state index is 0. The first-order valence-corrected chi connectivity index (χ1v) is 9.37. The van der Waals surface area contributed by atoms with Crippen molar-refractivity contribution in [2.75, 3.05) is 31.2 Å². The maximum atomic E-state index is 9.45. The van der Waals surface area contributed by atoms with Gasteiger partial charge in [-0.2, -0.15) is 10.4 Å². The normalized spacial score (nSPS) is 19.9. The van der Waals surface area contributed by atoms with Crippen LogP contribution >= 0.6 is 12.4 Å². The molecule has 3 aliphatic heterocycles. The average Bonchev–Trinajstić information content (AvgIpc) is 3.14. The smallest absolute Gasteiger partial charge is 0.138 e. The van der Waals surface area contributed by atoms with E-state index in [0.717, 1.165) is 35.6 Å². The van der Waals surface area contributed by atoms with E-state index < -0.39 is 0 Å². The maximum Gasteiger partial charge on any atom is 0.138 e. The molecule has 6 heterocycles. The molecule has 3 fully saturated rings. The van der Waals surface area contributed by atoms with E-state index in [-0.39, 0.29) is 25.6 Å². The lowest BCUT2D eigenvalue weighted by atomic mass is 9.91. The van der Waals surface area contributed by atoms with Crippen molar-refractivity contribution < 1.29 is 9.84 Å². The number of hydrogen-bond acceptors (Lipinski definition) is 7. The van der Waals surface area contributed by atoms with Crippen LogP contribution in [0.15, 0.2) is 36.8 Å². The molecular weight excluding hydrogens is 392 g/mol. The van der Waals surface area contributed by atoms with Crippen molar-refractivity contribution in [2.45, 2.75) is 18.5 Å². The molecule has 8 nitrogen and oxygen atoms in total. The Balaban J connectivity index is 0.00000205. The Morgan fingerprint density at radius 2 is 2.07 bits per heavy atom. The molecule has 2 N–H and O–H groups in total. The van der Waals surface area contributed by atoms with Gasteiger partial charge in [-0.3, -0.25) is 0 Å². The van der Waals surface area contributed by atoms with E-state index in [4.69, 9.17) is 9.84 Å². The number of aliphatic hydroxyl groups excluding tert-OH is 1. The molecule has 0 amide bonds. The van der Waals surface area contributed by atoms with Crippen LogP contribution < -0.4 is 15.0 Å². The third-order valence-corrected chi connectivity index (χ3v) is 5.37. The third kappa shape index (κ3) is 3.49. The lowest BCUT2D eigenvalue weighted by Gasteiger charge is -2.48. The zero-order valence-corrected chi connectivity index (χ0v) is 16.5. The molecule has 3 aromatic heterocycles. The van der Waals surface area contributed by atoms with Crippen LogP contribution in [0.1, 0.15) is 12.0 Å². The van der Waals surface area contributed by atoms with Gasteiger partial charge in [0.05, 0.1) is 30.1 Å². The molecule has 3 aliphatic rings. The van der Waals surface area contributed by atoms with Gasteiger partial charge in [0.1, 0.15) is 24.2 Å². The van der Waals surface area contributed by atoms with Crippen LogP contribution in [0.3, 0.4) is 0 Å². The van der Waals surface area contributed by atoms with Crippen molar-refractivity contribution in [3.05, 3.63) is 42.4 Å². The highest BCUT2D eigenvalue weighted by Gasteiger charge is 2.36. The van der Waals surface area contributed by atoms with Gasteiger partial charge < -0.3 is 20.1 Å². The number of anilines is 1. The van der Waals surface area contributed by atoms with Gasteiger partial charge in [-0.15, -0.1) is 12.4 Å². The van der Waals surface area contributed by atoms with Crippen LogP contribution in [0.5, 0.6) is 5.75 Å². The number of pyridine rings is 2. The lowest BCUT2D eigenvalue weighted by molar-refractivity contribution is 0.201. The Bertz CT molecular complexity index is 1050. The third-order valence-electron chi connectivity index (χ3n) is 5.37. The van der Waals surface area contributed by atoms with E-state index in [2.05, 4.69) is 26.4 Å². The minimum atomic E-state index is -0.0706. The molecule has 2 atom stereocenters. The number of aromatic nitrogens is 3. The molecule has 2 bridgehead atoms. The van der Waals surface area contributed by atoms with E-state index >= 15 is 0 Å². The number of nitriles is 1. The highest BCUT2D eigenvalue weighted by atomic mass is 35.5. The van der Waals surface area contributed by atoms with Crippen LogP contribution in [0.2, 0.25) is 0 Å². The minimum Gasteiger partial charge on any atom is -0.490 e. The standard InChI is InChI=1S/C20H20N6O2.ClH/c21-7-14-9-23-26-12-17(28-4-3-27)6-18(20(14)26)13-1-2-19(22-8-13)25-10-15-5-16(11-25)24-15;/h1-2,6,8-9,12,15-16,24,27H,3-5,10-11H2;1H. The molecule has 150 valence electrons.